The number of aliphatic hydroxyl groups is 1. The number of benzene rings is 1. The van der Waals surface area contributed by atoms with Crippen molar-refractivity contribution in [3.05, 3.63) is 47.6 Å². The molecule has 0 atom stereocenters. The summed E-state index contributed by atoms with van der Waals surface area (Å²) in [5.74, 6) is -1.15. The van der Waals surface area contributed by atoms with E-state index in [0.717, 1.165) is 5.56 Å². The molecule has 0 aliphatic rings. The van der Waals surface area contributed by atoms with Crippen molar-refractivity contribution < 1.29 is 24.2 Å². The molecule has 0 aliphatic heterocycles. The van der Waals surface area contributed by atoms with Crippen molar-refractivity contribution >= 4 is 29.5 Å². The van der Waals surface area contributed by atoms with Gasteiger partial charge in [0.05, 0.1) is 31.9 Å². The lowest BCUT2D eigenvalue weighted by atomic mass is 10.1. The number of anilines is 1. The number of nitrogens with two attached hydrogens (primary N) is 1. The van der Waals surface area contributed by atoms with Crippen LogP contribution in [0.4, 0.5) is 5.69 Å². The summed E-state index contributed by atoms with van der Waals surface area (Å²) < 4.78 is 4.92. The monoisotopic (exact) mass is 404 g/mol. The molecule has 158 valence electrons. The van der Waals surface area contributed by atoms with Gasteiger partial charge in [0.15, 0.2) is 0 Å². The Hall–Kier alpha value is -3.01. The van der Waals surface area contributed by atoms with Crippen LogP contribution < -0.4 is 21.7 Å². The van der Waals surface area contributed by atoms with E-state index < -0.39 is 5.97 Å². The second kappa shape index (κ2) is 14.1. The number of rotatable bonds is 12. The van der Waals surface area contributed by atoms with E-state index in [0.29, 0.717) is 18.8 Å². The summed E-state index contributed by atoms with van der Waals surface area (Å²) in [6.45, 7) is 2.59. The Labute approximate surface area is 170 Å². The largest absolute Gasteiger partial charge is 0.462 e. The van der Waals surface area contributed by atoms with Gasteiger partial charge in [0, 0.05) is 18.8 Å². The molecule has 1 aromatic rings. The third kappa shape index (κ3) is 10.2. The molecule has 0 unspecified atom stereocenters. The molecule has 6 N–H and O–H groups in total. The molecule has 0 heterocycles. The Balaban J connectivity index is 2.54. The Morgan fingerprint density at radius 3 is 2.48 bits per heavy atom. The molecule has 29 heavy (non-hydrogen) atoms. The van der Waals surface area contributed by atoms with E-state index in [2.05, 4.69) is 16.0 Å². The van der Waals surface area contributed by atoms with Gasteiger partial charge in [-0.1, -0.05) is 18.2 Å². The van der Waals surface area contributed by atoms with Crippen LogP contribution in [0, 0.1) is 0 Å². The normalized spacial score (nSPS) is 11.3. The van der Waals surface area contributed by atoms with Gasteiger partial charge in [0.1, 0.15) is 0 Å². The first-order chi connectivity index (χ1) is 14.0. The molecular formula is C20H28N4O5. The van der Waals surface area contributed by atoms with Gasteiger partial charge in [-0.15, -0.1) is 0 Å². The lowest BCUT2D eigenvalue weighted by molar-refractivity contribution is -0.138. The molecule has 0 aromatic heterocycles. The molecule has 9 heteroatoms. The highest BCUT2D eigenvalue weighted by Gasteiger charge is 2.07. The maximum Gasteiger partial charge on any atom is 0.337 e. The SMILES string of the molecule is CCOC(=O)C(/C=C/c1ccc(NC(=O)CNC(=O)CNCCN)cc1)=C/CO. The second-order valence-corrected chi connectivity index (χ2v) is 5.81. The van der Waals surface area contributed by atoms with Gasteiger partial charge in [0.25, 0.3) is 0 Å². The quantitative estimate of drug-likeness (QED) is 0.140. The predicted octanol–water partition coefficient (Wildman–Crippen LogP) is -0.215. The standard InChI is InChI=1S/C20H28N4O5/c1-2-29-20(28)16(9-12-25)6-3-15-4-7-17(8-5-15)24-19(27)14-23-18(26)13-22-11-10-21/h3-9,22,25H,2,10-14,21H2,1H3,(H,23,26)(H,24,27)/b6-3+,16-9+. The third-order valence-corrected chi connectivity index (χ3v) is 3.52. The van der Waals surface area contributed by atoms with Crippen molar-refractivity contribution in [3.8, 4) is 0 Å². The van der Waals surface area contributed by atoms with E-state index in [9.17, 15) is 14.4 Å². The van der Waals surface area contributed by atoms with E-state index in [-0.39, 0.29) is 43.7 Å². The Morgan fingerprint density at radius 1 is 1.14 bits per heavy atom. The minimum atomic E-state index is -0.512. The number of carbonyl (C=O) groups excluding carboxylic acids is 3. The average molecular weight is 404 g/mol. The van der Waals surface area contributed by atoms with Crippen LogP contribution in [0.5, 0.6) is 0 Å². The molecule has 2 amide bonds. The van der Waals surface area contributed by atoms with Crippen molar-refractivity contribution in [1.29, 1.82) is 0 Å². The van der Waals surface area contributed by atoms with Gasteiger partial charge in [-0.25, -0.2) is 4.79 Å². The first-order valence-corrected chi connectivity index (χ1v) is 9.23. The van der Waals surface area contributed by atoms with Crippen molar-refractivity contribution in [2.24, 2.45) is 5.73 Å². The molecule has 0 fully saturated rings. The Morgan fingerprint density at radius 2 is 1.86 bits per heavy atom. The zero-order chi connectivity index (χ0) is 21.5. The van der Waals surface area contributed by atoms with Gasteiger partial charge in [-0.3, -0.25) is 9.59 Å². The average Bonchev–Trinajstić information content (AvgIpc) is 2.71. The number of carbonyl (C=O) groups is 3. The Bertz CT molecular complexity index is 729. The van der Waals surface area contributed by atoms with Crippen LogP contribution in [-0.4, -0.2) is 62.3 Å². The Kier molecular flexibility index (Phi) is 11.6. The van der Waals surface area contributed by atoms with Crippen molar-refractivity contribution in [2.75, 3.05) is 44.7 Å². The van der Waals surface area contributed by atoms with Crippen molar-refractivity contribution in [2.45, 2.75) is 6.92 Å². The molecule has 1 aromatic carbocycles. The van der Waals surface area contributed by atoms with Crippen LogP contribution in [0.3, 0.4) is 0 Å². The van der Waals surface area contributed by atoms with E-state index in [4.69, 9.17) is 15.6 Å². The molecule has 0 saturated heterocycles. The third-order valence-electron chi connectivity index (χ3n) is 3.52. The second-order valence-electron chi connectivity index (χ2n) is 5.81. The summed E-state index contributed by atoms with van der Waals surface area (Å²) in [6, 6.07) is 6.90. The van der Waals surface area contributed by atoms with Crippen LogP contribution in [0.1, 0.15) is 12.5 Å². The van der Waals surface area contributed by atoms with Gasteiger partial charge in [-0.2, -0.15) is 0 Å². The fraction of sp³-hybridized carbons (Fsp3) is 0.350. The van der Waals surface area contributed by atoms with Crippen LogP contribution in [0.15, 0.2) is 42.0 Å². The minimum Gasteiger partial charge on any atom is -0.462 e. The zero-order valence-electron chi connectivity index (χ0n) is 16.4. The lowest BCUT2D eigenvalue weighted by Crippen LogP contribution is -2.39. The highest BCUT2D eigenvalue weighted by atomic mass is 16.5. The smallest absolute Gasteiger partial charge is 0.337 e. The molecule has 0 bridgehead atoms. The number of hydrogen-bond acceptors (Lipinski definition) is 7. The summed E-state index contributed by atoms with van der Waals surface area (Å²) in [7, 11) is 0. The number of hydrogen-bond donors (Lipinski definition) is 5. The van der Waals surface area contributed by atoms with Gasteiger partial charge < -0.3 is 31.5 Å². The molecule has 0 aliphatic carbocycles. The van der Waals surface area contributed by atoms with E-state index in [1.165, 1.54) is 6.08 Å². The van der Waals surface area contributed by atoms with Crippen LogP contribution in [0.2, 0.25) is 0 Å². The maximum absolute atomic E-state index is 11.9. The van der Waals surface area contributed by atoms with E-state index in [1.54, 1.807) is 43.3 Å². The first kappa shape index (κ1) is 24.0. The fourth-order valence-electron chi connectivity index (χ4n) is 2.15. The van der Waals surface area contributed by atoms with Gasteiger partial charge in [0.2, 0.25) is 11.8 Å². The topological polar surface area (TPSA) is 143 Å². The number of esters is 1. The zero-order valence-corrected chi connectivity index (χ0v) is 16.4. The summed E-state index contributed by atoms with van der Waals surface area (Å²) >= 11 is 0. The fourth-order valence-corrected chi connectivity index (χ4v) is 2.15. The summed E-state index contributed by atoms with van der Waals surface area (Å²) in [5, 5.41) is 17.0. The lowest BCUT2D eigenvalue weighted by Gasteiger charge is -2.08. The van der Waals surface area contributed by atoms with Crippen LogP contribution >= 0.6 is 0 Å². The number of ether oxygens (including phenoxy) is 1. The van der Waals surface area contributed by atoms with Crippen molar-refractivity contribution in [3.63, 3.8) is 0 Å². The van der Waals surface area contributed by atoms with Gasteiger partial charge >= 0.3 is 5.97 Å². The molecule has 0 radical (unpaired) electrons. The van der Waals surface area contributed by atoms with Gasteiger partial charge in [-0.05, 0) is 36.8 Å². The molecule has 1 rings (SSSR count). The van der Waals surface area contributed by atoms with Crippen molar-refractivity contribution in [1.82, 2.24) is 10.6 Å². The van der Waals surface area contributed by atoms with E-state index >= 15 is 0 Å². The minimum absolute atomic E-state index is 0.101. The van der Waals surface area contributed by atoms with E-state index in [1.807, 2.05) is 0 Å². The molecule has 0 saturated carbocycles. The summed E-state index contributed by atoms with van der Waals surface area (Å²) in [4.78, 5) is 35.2. The summed E-state index contributed by atoms with van der Waals surface area (Å²) in [5.41, 5.74) is 6.92. The number of aliphatic hydroxyl groups excluding tert-OH is 1. The molecule has 9 nitrogen and oxygen atoms in total. The van der Waals surface area contributed by atoms with Crippen LogP contribution in [0.25, 0.3) is 6.08 Å². The maximum atomic E-state index is 11.9. The predicted molar refractivity (Wildman–Crippen MR) is 111 cm³/mol. The highest BCUT2D eigenvalue weighted by molar-refractivity contribution is 5.95. The summed E-state index contributed by atoms with van der Waals surface area (Å²) in [6.07, 6.45) is 4.61. The molecular weight excluding hydrogens is 376 g/mol. The number of nitrogens with one attached hydrogen (secondary N) is 3. The van der Waals surface area contributed by atoms with Crippen LogP contribution in [-0.2, 0) is 19.1 Å². The number of amides is 2. The molecule has 0 spiro atoms. The highest BCUT2D eigenvalue weighted by Crippen LogP contribution is 2.12. The first-order valence-electron chi connectivity index (χ1n) is 9.23.